The first kappa shape index (κ1) is 9.90. The fourth-order valence-corrected chi connectivity index (χ4v) is 3.28. The Kier molecular flexibility index (Phi) is 2.44. The van der Waals surface area contributed by atoms with Crippen LogP contribution in [-0.4, -0.2) is 9.55 Å². The van der Waals surface area contributed by atoms with Crippen LogP contribution in [0.2, 0.25) is 0 Å². The van der Waals surface area contributed by atoms with Gasteiger partial charge in [0.2, 0.25) is 5.95 Å². The molecule has 84 valence electrons. The molecule has 3 nitrogen and oxygen atoms in total. The summed E-state index contributed by atoms with van der Waals surface area (Å²) in [6.45, 7) is 0. The van der Waals surface area contributed by atoms with Gasteiger partial charge < -0.3 is 9.88 Å². The van der Waals surface area contributed by atoms with Gasteiger partial charge in [-0.3, -0.25) is 0 Å². The summed E-state index contributed by atoms with van der Waals surface area (Å²) in [4.78, 5) is 5.86. The summed E-state index contributed by atoms with van der Waals surface area (Å²) in [5.74, 6) is 0.962. The molecule has 0 fully saturated rings. The Morgan fingerprint density at radius 2 is 2.50 bits per heavy atom. The topological polar surface area (TPSA) is 29.9 Å². The molecule has 16 heavy (non-hydrogen) atoms. The summed E-state index contributed by atoms with van der Waals surface area (Å²) in [5.41, 5.74) is 1.47. The van der Waals surface area contributed by atoms with E-state index in [0.29, 0.717) is 6.04 Å². The first-order valence-corrected chi connectivity index (χ1v) is 6.52. The zero-order valence-corrected chi connectivity index (χ0v) is 10.1. The van der Waals surface area contributed by atoms with Crippen LogP contribution in [0.25, 0.3) is 0 Å². The van der Waals surface area contributed by atoms with Gasteiger partial charge in [0.25, 0.3) is 0 Å². The number of rotatable bonds is 2. The van der Waals surface area contributed by atoms with E-state index in [1.54, 1.807) is 0 Å². The molecule has 2 aromatic rings. The average molecular weight is 233 g/mol. The summed E-state index contributed by atoms with van der Waals surface area (Å²) >= 11 is 1.88. The highest BCUT2D eigenvalue weighted by atomic mass is 32.1. The molecular formula is C12H15N3S. The van der Waals surface area contributed by atoms with Crippen molar-refractivity contribution in [3.05, 3.63) is 34.3 Å². The molecule has 0 saturated carbocycles. The number of nitrogens with one attached hydrogen (secondary N) is 1. The van der Waals surface area contributed by atoms with Crippen LogP contribution < -0.4 is 5.32 Å². The van der Waals surface area contributed by atoms with Crippen LogP contribution in [0, 0.1) is 0 Å². The maximum atomic E-state index is 4.32. The molecule has 0 bridgehead atoms. The van der Waals surface area contributed by atoms with E-state index in [9.17, 15) is 0 Å². The quantitative estimate of drug-likeness (QED) is 0.864. The summed E-state index contributed by atoms with van der Waals surface area (Å²) in [7, 11) is 2.02. The van der Waals surface area contributed by atoms with E-state index in [-0.39, 0.29) is 0 Å². The van der Waals surface area contributed by atoms with Crippen LogP contribution in [0.1, 0.15) is 29.3 Å². The van der Waals surface area contributed by atoms with Crippen molar-refractivity contribution in [2.45, 2.75) is 25.3 Å². The van der Waals surface area contributed by atoms with E-state index < -0.39 is 0 Å². The van der Waals surface area contributed by atoms with Crippen molar-refractivity contribution in [3.8, 4) is 0 Å². The Bertz CT molecular complexity index is 486. The summed E-state index contributed by atoms with van der Waals surface area (Å²) in [6.07, 6.45) is 7.53. The van der Waals surface area contributed by atoms with Crippen molar-refractivity contribution in [1.29, 1.82) is 0 Å². The van der Waals surface area contributed by atoms with Gasteiger partial charge in [-0.05, 0) is 36.3 Å². The van der Waals surface area contributed by atoms with Gasteiger partial charge in [0.1, 0.15) is 0 Å². The lowest BCUT2D eigenvalue weighted by Crippen LogP contribution is -2.17. The lowest BCUT2D eigenvalue weighted by atomic mass is 9.94. The van der Waals surface area contributed by atoms with Gasteiger partial charge in [-0.2, -0.15) is 0 Å². The Morgan fingerprint density at radius 3 is 3.31 bits per heavy atom. The van der Waals surface area contributed by atoms with E-state index in [2.05, 4.69) is 21.7 Å². The van der Waals surface area contributed by atoms with E-state index >= 15 is 0 Å². The van der Waals surface area contributed by atoms with Crippen molar-refractivity contribution >= 4 is 17.3 Å². The van der Waals surface area contributed by atoms with Crippen LogP contribution >= 0.6 is 11.3 Å². The zero-order valence-electron chi connectivity index (χ0n) is 9.31. The van der Waals surface area contributed by atoms with Crippen LogP contribution in [0.15, 0.2) is 23.8 Å². The van der Waals surface area contributed by atoms with Gasteiger partial charge in [0.05, 0.1) is 6.04 Å². The lowest BCUT2D eigenvalue weighted by molar-refractivity contribution is 0.602. The highest BCUT2D eigenvalue weighted by molar-refractivity contribution is 7.10. The smallest absolute Gasteiger partial charge is 0.202 e. The molecular weight excluding hydrogens is 218 g/mol. The molecule has 2 heterocycles. The first-order valence-electron chi connectivity index (χ1n) is 5.65. The van der Waals surface area contributed by atoms with Crippen LogP contribution in [0.3, 0.4) is 0 Å². The Hall–Kier alpha value is -1.29. The van der Waals surface area contributed by atoms with Crippen molar-refractivity contribution in [2.75, 3.05) is 5.32 Å². The number of aromatic nitrogens is 2. The third-order valence-corrected chi connectivity index (χ3v) is 4.17. The van der Waals surface area contributed by atoms with E-state index in [0.717, 1.165) is 5.95 Å². The molecule has 0 radical (unpaired) electrons. The number of nitrogens with zero attached hydrogens (tertiary/aromatic N) is 2. The second-order valence-electron chi connectivity index (χ2n) is 4.25. The largest absolute Gasteiger partial charge is 0.349 e. The third kappa shape index (κ3) is 1.63. The maximum absolute atomic E-state index is 4.32. The zero-order chi connectivity index (χ0) is 11.0. The number of fused-ring (bicyclic) bond motifs is 1. The second kappa shape index (κ2) is 3.94. The number of hydrogen-bond acceptors (Lipinski definition) is 3. The van der Waals surface area contributed by atoms with Crippen molar-refractivity contribution in [2.24, 2.45) is 7.05 Å². The van der Waals surface area contributed by atoms with Gasteiger partial charge in [-0.1, -0.05) is 0 Å². The van der Waals surface area contributed by atoms with Crippen molar-refractivity contribution < 1.29 is 0 Å². The Balaban J connectivity index is 1.85. The summed E-state index contributed by atoms with van der Waals surface area (Å²) in [6, 6.07) is 2.69. The molecule has 0 amide bonds. The lowest BCUT2D eigenvalue weighted by Gasteiger charge is -2.24. The first-order chi connectivity index (χ1) is 7.84. The van der Waals surface area contributed by atoms with E-state index in [4.69, 9.17) is 0 Å². The summed E-state index contributed by atoms with van der Waals surface area (Å²) in [5, 5.41) is 5.73. The number of aryl methyl sites for hydroxylation is 2. The fraction of sp³-hybridized carbons (Fsp3) is 0.417. The molecule has 0 aromatic carbocycles. The van der Waals surface area contributed by atoms with Crippen molar-refractivity contribution in [1.82, 2.24) is 9.55 Å². The van der Waals surface area contributed by atoms with Gasteiger partial charge in [0.15, 0.2) is 0 Å². The molecule has 0 saturated heterocycles. The van der Waals surface area contributed by atoms with Crippen LogP contribution in [0.5, 0.6) is 0 Å². The molecule has 3 rings (SSSR count). The van der Waals surface area contributed by atoms with Gasteiger partial charge >= 0.3 is 0 Å². The molecule has 1 atom stereocenters. The molecule has 1 unspecified atom stereocenters. The maximum Gasteiger partial charge on any atom is 0.202 e. The normalized spacial score (nSPS) is 19.4. The fourth-order valence-electron chi connectivity index (χ4n) is 2.30. The standard InChI is InChI=1S/C12H15N3S/c1-15-7-6-13-12(15)14-10-3-2-4-11-9(10)5-8-16-11/h5-8,10H,2-4H2,1H3,(H,13,14). The minimum atomic E-state index is 0.441. The minimum Gasteiger partial charge on any atom is -0.349 e. The van der Waals surface area contributed by atoms with E-state index in [1.165, 1.54) is 29.7 Å². The number of anilines is 1. The molecule has 1 N–H and O–H groups in total. The SMILES string of the molecule is Cn1ccnc1NC1CCCc2sccc21. The predicted octanol–water partition coefficient (Wildman–Crippen LogP) is 2.97. The second-order valence-corrected chi connectivity index (χ2v) is 5.25. The third-order valence-electron chi connectivity index (χ3n) is 3.18. The highest BCUT2D eigenvalue weighted by Crippen LogP contribution is 2.34. The Labute approximate surface area is 99.1 Å². The molecule has 0 aliphatic heterocycles. The molecule has 2 aromatic heterocycles. The number of hydrogen-bond donors (Lipinski definition) is 1. The molecule has 0 spiro atoms. The predicted molar refractivity (Wildman–Crippen MR) is 66.8 cm³/mol. The van der Waals surface area contributed by atoms with Crippen LogP contribution in [-0.2, 0) is 13.5 Å². The minimum absolute atomic E-state index is 0.441. The van der Waals surface area contributed by atoms with Gasteiger partial charge in [0, 0.05) is 24.3 Å². The number of imidazole rings is 1. The number of thiophene rings is 1. The molecule has 1 aliphatic carbocycles. The monoisotopic (exact) mass is 233 g/mol. The van der Waals surface area contributed by atoms with Crippen molar-refractivity contribution in [3.63, 3.8) is 0 Å². The van der Waals surface area contributed by atoms with Crippen LogP contribution in [0.4, 0.5) is 5.95 Å². The average Bonchev–Trinajstić information content (AvgIpc) is 2.89. The van der Waals surface area contributed by atoms with E-state index in [1.807, 2.05) is 35.3 Å². The molecule has 1 aliphatic rings. The molecule has 4 heteroatoms. The Morgan fingerprint density at radius 1 is 1.56 bits per heavy atom. The van der Waals surface area contributed by atoms with Gasteiger partial charge in [-0.15, -0.1) is 11.3 Å². The summed E-state index contributed by atoms with van der Waals surface area (Å²) < 4.78 is 2.03. The highest BCUT2D eigenvalue weighted by Gasteiger charge is 2.21. The van der Waals surface area contributed by atoms with Gasteiger partial charge in [-0.25, -0.2) is 4.98 Å².